The van der Waals surface area contributed by atoms with E-state index in [0.717, 1.165) is 36.1 Å². The maximum Gasteiger partial charge on any atom is 0.337 e. The largest absolute Gasteiger partial charge is 0.478 e. The molecule has 0 radical (unpaired) electrons. The van der Waals surface area contributed by atoms with Gasteiger partial charge in [0.05, 0.1) is 5.56 Å². The molecule has 1 heterocycles. The van der Waals surface area contributed by atoms with Crippen molar-refractivity contribution in [2.45, 2.75) is 6.42 Å². The highest BCUT2D eigenvalue weighted by Crippen LogP contribution is 2.26. The first-order valence-corrected chi connectivity index (χ1v) is 6.97. The Morgan fingerprint density at radius 3 is 2.43 bits per heavy atom. The van der Waals surface area contributed by atoms with Gasteiger partial charge in [-0.3, -0.25) is 0 Å². The summed E-state index contributed by atoms with van der Waals surface area (Å²) in [7, 11) is 6.09. The number of nitrogens with zero attached hydrogens (tertiary/aromatic N) is 3. The number of pyridine rings is 1. The molecule has 0 aliphatic rings. The molecule has 0 fully saturated rings. The molecule has 21 heavy (non-hydrogen) atoms. The van der Waals surface area contributed by atoms with Crippen LogP contribution < -0.4 is 4.90 Å². The molecule has 0 spiro atoms. The molecule has 0 aliphatic carbocycles. The lowest BCUT2D eigenvalue weighted by molar-refractivity contribution is 0.0698. The van der Waals surface area contributed by atoms with E-state index in [4.69, 9.17) is 0 Å². The van der Waals surface area contributed by atoms with Crippen LogP contribution in [0.25, 0.3) is 10.8 Å². The molecule has 0 unspecified atom stereocenters. The first-order valence-electron chi connectivity index (χ1n) is 6.97. The number of hydrogen-bond acceptors (Lipinski definition) is 4. The molecule has 0 saturated carbocycles. The van der Waals surface area contributed by atoms with Crippen LogP contribution in [0.15, 0.2) is 30.5 Å². The Labute approximate surface area is 124 Å². The van der Waals surface area contributed by atoms with E-state index in [1.165, 1.54) is 6.20 Å². The zero-order valence-electron chi connectivity index (χ0n) is 12.7. The van der Waals surface area contributed by atoms with Crippen LogP contribution in [0.3, 0.4) is 0 Å². The summed E-state index contributed by atoms with van der Waals surface area (Å²) >= 11 is 0. The second-order valence-electron chi connectivity index (χ2n) is 5.42. The van der Waals surface area contributed by atoms with Crippen molar-refractivity contribution < 1.29 is 9.90 Å². The number of fused-ring (bicyclic) bond motifs is 1. The summed E-state index contributed by atoms with van der Waals surface area (Å²) in [5.74, 6) is -0.116. The van der Waals surface area contributed by atoms with Gasteiger partial charge in [-0.05, 0) is 27.1 Å². The maximum atomic E-state index is 11.3. The lowest BCUT2D eigenvalue weighted by Crippen LogP contribution is -2.24. The number of hydrogen-bond donors (Lipinski definition) is 1. The Morgan fingerprint density at radius 1 is 1.14 bits per heavy atom. The quantitative estimate of drug-likeness (QED) is 0.883. The highest BCUT2D eigenvalue weighted by Gasteiger charge is 2.14. The molecule has 0 aliphatic heterocycles. The Morgan fingerprint density at radius 2 is 1.81 bits per heavy atom. The van der Waals surface area contributed by atoms with E-state index >= 15 is 0 Å². The zero-order valence-corrected chi connectivity index (χ0v) is 12.7. The summed E-state index contributed by atoms with van der Waals surface area (Å²) in [6.07, 6.45) is 2.47. The molecule has 1 aromatic carbocycles. The van der Waals surface area contributed by atoms with Crippen LogP contribution >= 0.6 is 0 Å². The van der Waals surface area contributed by atoms with Crippen LogP contribution in [0.5, 0.6) is 0 Å². The third-order valence-corrected chi connectivity index (χ3v) is 3.46. The summed E-state index contributed by atoms with van der Waals surface area (Å²) in [4.78, 5) is 19.9. The van der Waals surface area contributed by atoms with E-state index in [1.807, 2.05) is 31.3 Å². The van der Waals surface area contributed by atoms with Crippen LogP contribution in [0.2, 0.25) is 0 Å². The minimum atomic E-state index is -0.944. The van der Waals surface area contributed by atoms with E-state index < -0.39 is 5.97 Å². The van der Waals surface area contributed by atoms with Crippen molar-refractivity contribution in [2.24, 2.45) is 0 Å². The van der Waals surface area contributed by atoms with Gasteiger partial charge < -0.3 is 14.9 Å². The van der Waals surface area contributed by atoms with Crippen molar-refractivity contribution in [1.82, 2.24) is 9.88 Å². The van der Waals surface area contributed by atoms with E-state index in [1.54, 1.807) is 0 Å². The highest BCUT2D eigenvalue weighted by molar-refractivity contribution is 6.06. The van der Waals surface area contributed by atoms with Crippen LogP contribution in [0.4, 0.5) is 5.82 Å². The Bertz CT molecular complexity index is 640. The lowest BCUT2D eigenvalue weighted by atomic mass is 10.1. The molecule has 0 atom stereocenters. The van der Waals surface area contributed by atoms with E-state index in [0.29, 0.717) is 0 Å². The average Bonchev–Trinajstić information content (AvgIpc) is 2.45. The van der Waals surface area contributed by atoms with Crippen molar-refractivity contribution in [1.29, 1.82) is 0 Å². The topological polar surface area (TPSA) is 56.7 Å². The fraction of sp³-hybridized carbons (Fsp3) is 0.375. The number of aromatic carboxylic acids is 1. The second-order valence-corrected chi connectivity index (χ2v) is 5.42. The molecule has 2 rings (SSSR count). The Kier molecular flexibility index (Phi) is 4.75. The summed E-state index contributed by atoms with van der Waals surface area (Å²) in [5, 5.41) is 10.9. The van der Waals surface area contributed by atoms with Gasteiger partial charge in [0.25, 0.3) is 0 Å². The number of carbonyl (C=O) groups is 1. The Hall–Kier alpha value is -2.14. The number of carboxylic acids is 1. The minimum Gasteiger partial charge on any atom is -0.478 e. The number of aromatic nitrogens is 1. The van der Waals surface area contributed by atoms with E-state index in [9.17, 15) is 9.90 Å². The molecule has 112 valence electrons. The van der Waals surface area contributed by atoms with Gasteiger partial charge >= 0.3 is 5.97 Å². The van der Waals surface area contributed by atoms with Crippen molar-refractivity contribution >= 4 is 22.6 Å². The van der Waals surface area contributed by atoms with Crippen LogP contribution in [0.1, 0.15) is 16.8 Å². The van der Waals surface area contributed by atoms with Gasteiger partial charge in [0, 0.05) is 30.6 Å². The zero-order chi connectivity index (χ0) is 15.4. The van der Waals surface area contributed by atoms with Gasteiger partial charge in [-0.1, -0.05) is 24.3 Å². The van der Waals surface area contributed by atoms with Crippen molar-refractivity contribution in [3.63, 3.8) is 0 Å². The molecule has 5 heteroatoms. The van der Waals surface area contributed by atoms with Gasteiger partial charge in [0.15, 0.2) is 0 Å². The molecule has 1 N–H and O–H groups in total. The van der Waals surface area contributed by atoms with Gasteiger partial charge in [-0.25, -0.2) is 9.78 Å². The predicted octanol–water partition coefficient (Wildman–Crippen LogP) is 2.32. The maximum absolute atomic E-state index is 11.3. The SMILES string of the molecule is CN(C)CCCN(C)c1ncc(C(=O)O)c2ccccc12. The summed E-state index contributed by atoms with van der Waals surface area (Å²) < 4.78 is 0. The predicted molar refractivity (Wildman–Crippen MR) is 85.1 cm³/mol. The number of rotatable bonds is 6. The summed E-state index contributed by atoms with van der Waals surface area (Å²) in [6, 6.07) is 7.52. The molecule has 0 saturated heterocycles. The van der Waals surface area contributed by atoms with Crippen LogP contribution in [-0.4, -0.2) is 55.2 Å². The average molecular weight is 287 g/mol. The molecule has 2 aromatic rings. The molecular weight excluding hydrogens is 266 g/mol. The van der Waals surface area contributed by atoms with Gasteiger partial charge in [-0.2, -0.15) is 0 Å². The van der Waals surface area contributed by atoms with E-state index in [2.05, 4.69) is 28.9 Å². The fourth-order valence-electron chi connectivity index (χ4n) is 2.38. The molecule has 1 aromatic heterocycles. The van der Waals surface area contributed by atoms with Gasteiger partial charge in [0.1, 0.15) is 5.82 Å². The van der Waals surface area contributed by atoms with Gasteiger partial charge in [-0.15, -0.1) is 0 Å². The monoisotopic (exact) mass is 287 g/mol. The highest BCUT2D eigenvalue weighted by atomic mass is 16.4. The van der Waals surface area contributed by atoms with Crippen molar-refractivity contribution in [3.8, 4) is 0 Å². The molecule has 0 bridgehead atoms. The first-order chi connectivity index (χ1) is 10.0. The second kappa shape index (κ2) is 6.54. The molecule has 5 nitrogen and oxygen atoms in total. The van der Waals surface area contributed by atoms with Crippen LogP contribution in [-0.2, 0) is 0 Å². The minimum absolute atomic E-state index is 0.246. The third-order valence-electron chi connectivity index (χ3n) is 3.46. The first kappa shape index (κ1) is 15.3. The normalized spacial score (nSPS) is 11.0. The lowest BCUT2D eigenvalue weighted by Gasteiger charge is -2.21. The Balaban J connectivity index is 2.32. The van der Waals surface area contributed by atoms with Gasteiger partial charge in [0.2, 0.25) is 0 Å². The number of carboxylic acid groups (broad SMARTS) is 1. The smallest absolute Gasteiger partial charge is 0.337 e. The van der Waals surface area contributed by atoms with Crippen molar-refractivity contribution in [2.75, 3.05) is 39.1 Å². The van der Waals surface area contributed by atoms with Crippen molar-refractivity contribution in [3.05, 3.63) is 36.0 Å². The third kappa shape index (κ3) is 3.49. The fourth-order valence-corrected chi connectivity index (χ4v) is 2.38. The summed E-state index contributed by atoms with van der Waals surface area (Å²) in [6.45, 7) is 1.89. The molecular formula is C16H21N3O2. The standard InChI is InChI=1S/C16H21N3O2/c1-18(2)9-6-10-19(3)15-13-8-5-4-7-12(13)14(11-17-15)16(20)21/h4-5,7-8,11H,6,9-10H2,1-3H3,(H,20,21). The van der Waals surface area contributed by atoms with Crippen LogP contribution in [0, 0.1) is 0 Å². The summed E-state index contributed by atoms with van der Waals surface area (Å²) in [5.41, 5.74) is 0.246. The number of anilines is 1. The number of benzene rings is 1. The molecule has 0 amide bonds. The van der Waals surface area contributed by atoms with E-state index in [-0.39, 0.29) is 5.56 Å².